The Morgan fingerprint density at radius 2 is 1.85 bits per heavy atom. The van der Waals surface area contributed by atoms with Gasteiger partial charge in [0, 0.05) is 6.04 Å². The molecule has 2 N–H and O–H groups in total. The number of ether oxygens (including phenoxy) is 1. The summed E-state index contributed by atoms with van der Waals surface area (Å²) in [6, 6.07) is 16.4. The number of benzene rings is 2. The highest BCUT2D eigenvalue weighted by molar-refractivity contribution is 5.32. The van der Waals surface area contributed by atoms with E-state index in [1.165, 1.54) is 11.1 Å². The zero-order valence-corrected chi connectivity index (χ0v) is 12.5. The van der Waals surface area contributed by atoms with Gasteiger partial charge in [0.1, 0.15) is 11.9 Å². The zero-order valence-electron chi connectivity index (χ0n) is 12.5. The van der Waals surface area contributed by atoms with Crippen LogP contribution < -0.4 is 10.5 Å². The summed E-state index contributed by atoms with van der Waals surface area (Å²) in [5.74, 6) is 0.884. The summed E-state index contributed by atoms with van der Waals surface area (Å²) in [6.45, 7) is 6.22. The Morgan fingerprint density at radius 1 is 1.10 bits per heavy atom. The minimum atomic E-state index is -0.122. The molecule has 0 heterocycles. The van der Waals surface area contributed by atoms with Crippen LogP contribution in [-0.2, 0) is 6.42 Å². The molecule has 2 rings (SSSR count). The first-order valence-electron chi connectivity index (χ1n) is 7.18. The molecule has 0 saturated carbocycles. The molecule has 2 atom stereocenters. The van der Waals surface area contributed by atoms with Gasteiger partial charge in [-0.05, 0) is 49.1 Å². The molecular weight excluding hydrogens is 246 g/mol. The van der Waals surface area contributed by atoms with Gasteiger partial charge < -0.3 is 10.5 Å². The van der Waals surface area contributed by atoms with Crippen molar-refractivity contribution in [2.75, 3.05) is 0 Å². The topological polar surface area (TPSA) is 35.2 Å². The fourth-order valence-corrected chi connectivity index (χ4v) is 2.35. The lowest BCUT2D eigenvalue weighted by molar-refractivity contribution is 0.179. The van der Waals surface area contributed by atoms with E-state index in [0.29, 0.717) is 0 Å². The van der Waals surface area contributed by atoms with Crippen LogP contribution in [0.5, 0.6) is 5.75 Å². The quantitative estimate of drug-likeness (QED) is 0.889. The first kappa shape index (κ1) is 14.6. The smallest absolute Gasteiger partial charge is 0.139 e. The predicted octanol–water partition coefficient (Wildman–Crippen LogP) is 4.02. The molecule has 106 valence electrons. The van der Waals surface area contributed by atoms with Crippen molar-refractivity contribution in [1.29, 1.82) is 0 Å². The fourth-order valence-electron chi connectivity index (χ4n) is 2.35. The largest absolute Gasteiger partial charge is 0.484 e. The van der Waals surface area contributed by atoms with Gasteiger partial charge in [0.05, 0.1) is 0 Å². The summed E-state index contributed by atoms with van der Waals surface area (Å²) in [6.07, 6.45) is 0.882. The fraction of sp³-hybridized carbons (Fsp3) is 0.333. The van der Waals surface area contributed by atoms with E-state index < -0.39 is 0 Å². The van der Waals surface area contributed by atoms with Gasteiger partial charge in [0.15, 0.2) is 0 Å². The van der Waals surface area contributed by atoms with E-state index in [4.69, 9.17) is 10.5 Å². The highest BCUT2D eigenvalue weighted by atomic mass is 16.5. The van der Waals surface area contributed by atoms with Gasteiger partial charge >= 0.3 is 0 Å². The van der Waals surface area contributed by atoms with E-state index in [9.17, 15) is 0 Å². The van der Waals surface area contributed by atoms with Crippen LogP contribution in [0.15, 0.2) is 48.5 Å². The van der Waals surface area contributed by atoms with Crippen LogP contribution in [0.1, 0.15) is 36.6 Å². The maximum atomic E-state index is 6.16. The van der Waals surface area contributed by atoms with E-state index in [-0.39, 0.29) is 12.1 Å². The number of rotatable bonds is 5. The molecule has 0 aliphatic rings. The molecule has 0 spiro atoms. The van der Waals surface area contributed by atoms with Crippen molar-refractivity contribution in [1.82, 2.24) is 0 Å². The zero-order chi connectivity index (χ0) is 14.5. The highest BCUT2D eigenvalue weighted by Gasteiger charge is 2.19. The third-order valence-electron chi connectivity index (χ3n) is 3.54. The van der Waals surface area contributed by atoms with Crippen molar-refractivity contribution in [3.8, 4) is 5.75 Å². The summed E-state index contributed by atoms with van der Waals surface area (Å²) < 4.78 is 6.16. The van der Waals surface area contributed by atoms with Crippen LogP contribution in [0.4, 0.5) is 0 Å². The maximum Gasteiger partial charge on any atom is 0.139 e. The monoisotopic (exact) mass is 269 g/mol. The highest BCUT2D eigenvalue weighted by Crippen LogP contribution is 2.27. The first-order valence-corrected chi connectivity index (χ1v) is 7.18. The number of aryl methyl sites for hydroxylation is 2. The van der Waals surface area contributed by atoms with Gasteiger partial charge in [-0.2, -0.15) is 0 Å². The summed E-state index contributed by atoms with van der Waals surface area (Å²) in [5, 5.41) is 0. The van der Waals surface area contributed by atoms with Gasteiger partial charge in [-0.3, -0.25) is 0 Å². The SMILES string of the molecule is CCc1cccc(OC(c2ccccc2C)C(C)N)c1. The van der Waals surface area contributed by atoms with E-state index in [0.717, 1.165) is 17.7 Å². The Labute approximate surface area is 121 Å². The summed E-state index contributed by atoms with van der Waals surface area (Å²) in [5.41, 5.74) is 9.77. The van der Waals surface area contributed by atoms with Gasteiger partial charge in [0.2, 0.25) is 0 Å². The lowest BCUT2D eigenvalue weighted by Crippen LogP contribution is -2.29. The summed E-state index contributed by atoms with van der Waals surface area (Å²) in [4.78, 5) is 0. The molecular formula is C18H23NO. The Hall–Kier alpha value is -1.80. The average Bonchev–Trinajstić information content (AvgIpc) is 2.45. The molecule has 20 heavy (non-hydrogen) atoms. The Balaban J connectivity index is 2.28. The van der Waals surface area contributed by atoms with Crippen molar-refractivity contribution >= 4 is 0 Å². The van der Waals surface area contributed by atoms with Crippen molar-refractivity contribution in [3.05, 3.63) is 65.2 Å². The molecule has 0 radical (unpaired) electrons. The molecule has 2 unspecified atom stereocenters. The van der Waals surface area contributed by atoms with Gasteiger partial charge in [-0.1, -0.05) is 43.3 Å². The van der Waals surface area contributed by atoms with Crippen molar-refractivity contribution in [2.24, 2.45) is 5.73 Å². The summed E-state index contributed by atoms with van der Waals surface area (Å²) >= 11 is 0. The standard InChI is InChI=1S/C18H23NO/c1-4-15-9-7-10-16(12-15)20-18(14(3)19)17-11-6-5-8-13(17)2/h5-12,14,18H,4,19H2,1-3H3. The van der Waals surface area contributed by atoms with Crippen molar-refractivity contribution < 1.29 is 4.74 Å². The van der Waals surface area contributed by atoms with E-state index in [1.807, 2.05) is 31.2 Å². The van der Waals surface area contributed by atoms with E-state index >= 15 is 0 Å². The second kappa shape index (κ2) is 6.58. The average molecular weight is 269 g/mol. The molecule has 0 saturated heterocycles. The lowest BCUT2D eigenvalue weighted by atomic mass is 9.99. The molecule has 2 heteroatoms. The molecule has 0 aromatic heterocycles. The second-order valence-electron chi connectivity index (χ2n) is 5.26. The van der Waals surface area contributed by atoms with Gasteiger partial charge in [0.25, 0.3) is 0 Å². The van der Waals surface area contributed by atoms with Crippen LogP contribution in [0.2, 0.25) is 0 Å². The third kappa shape index (κ3) is 3.40. The number of nitrogens with two attached hydrogens (primary N) is 1. The molecule has 2 aromatic carbocycles. The van der Waals surface area contributed by atoms with Gasteiger partial charge in [-0.25, -0.2) is 0 Å². The van der Waals surface area contributed by atoms with Crippen LogP contribution in [0, 0.1) is 6.92 Å². The molecule has 0 amide bonds. The normalized spacial score (nSPS) is 13.8. The summed E-state index contributed by atoms with van der Waals surface area (Å²) in [7, 11) is 0. The van der Waals surface area contributed by atoms with E-state index in [1.54, 1.807) is 0 Å². The molecule has 0 aliphatic heterocycles. The van der Waals surface area contributed by atoms with E-state index in [2.05, 4.69) is 38.1 Å². The maximum absolute atomic E-state index is 6.16. The third-order valence-corrected chi connectivity index (χ3v) is 3.54. The predicted molar refractivity (Wildman–Crippen MR) is 84.0 cm³/mol. The molecule has 0 aliphatic carbocycles. The molecule has 0 bridgehead atoms. The van der Waals surface area contributed by atoms with Crippen molar-refractivity contribution in [3.63, 3.8) is 0 Å². The van der Waals surface area contributed by atoms with Crippen LogP contribution in [-0.4, -0.2) is 6.04 Å². The minimum Gasteiger partial charge on any atom is -0.484 e. The lowest BCUT2D eigenvalue weighted by Gasteiger charge is -2.24. The molecule has 2 nitrogen and oxygen atoms in total. The Bertz CT molecular complexity index is 563. The molecule has 0 fully saturated rings. The number of hydrogen-bond acceptors (Lipinski definition) is 2. The minimum absolute atomic E-state index is 0.0682. The van der Waals surface area contributed by atoms with Crippen LogP contribution in [0.3, 0.4) is 0 Å². The number of hydrogen-bond donors (Lipinski definition) is 1. The first-order chi connectivity index (χ1) is 9.61. The van der Waals surface area contributed by atoms with Gasteiger partial charge in [-0.15, -0.1) is 0 Å². The Kier molecular flexibility index (Phi) is 4.80. The van der Waals surface area contributed by atoms with Crippen LogP contribution >= 0.6 is 0 Å². The Morgan fingerprint density at radius 3 is 2.50 bits per heavy atom. The second-order valence-corrected chi connectivity index (χ2v) is 5.26. The van der Waals surface area contributed by atoms with Crippen molar-refractivity contribution in [2.45, 2.75) is 39.3 Å². The molecule has 2 aromatic rings. The van der Waals surface area contributed by atoms with Crippen LogP contribution in [0.25, 0.3) is 0 Å².